The highest BCUT2D eigenvalue weighted by atomic mass is 16.5. The molecule has 0 spiro atoms. The van der Waals surface area contributed by atoms with E-state index < -0.39 is 0 Å². The number of ether oxygens (including phenoxy) is 2. The monoisotopic (exact) mass is 530 g/mol. The topological polar surface area (TPSA) is 105 Å². The molecule has 1 aromatic carbocycles. The number of hydrogen-bond donors (Lipinski definition) is 1. The number of benzene rings is 1. The molecule has 2 amide bonds. The van der Waals surface area contributed by atoms with E-state index in [0.717, 1.165) is 37.9 Å². The molecular formula is C30H34N4O5. The highest BCUT2D eigenvalue weighted by Crippen LogP contribution is 2.38. The Morgan fingerprint density at radius 1 is 1.00 bits per heavy atom. The van der Waals surface area contributed by atoms with Crippen molar-refractivity contribution in [1.29, 1.82) is 0 Å². The second-order valence-electron chi connectivity index (χ2n) is 10.3. The summed E-state index contributed by atoms with van der Waals surface area (Å²) in [6.45, 7) is 2.97. The van der Waals surface area contributed by atoms with Gasteiger partial charge in [0.25, 0.3) is 11.8 Å². The van der Waals surface area contributed by atoms with Crippen molar-refractivity contribution in [2.75, 3.05) is 39.4 Å². The van der Waals surface area contributed by atoms with Crippen LogP contribution in [0.5, 0.6) is 11.5 Å². The van der Waals surface area contributed by atoms with Crippen LogP contribution in [0.4, 0.5) is 0 Å². The quantitative estimate of drug-likeness (QED) is 0.551. The molecule has 6 rings (SSSR count). The van der Waals surface area contributed by atoms with Gasteiger partial charge in [-0.15, -0.1) is 0 Å². The van der Waals surface area contributed by atoms with Gasteiger partial charge in [0.2, 0.25) is 5.56 Å². The Labute approximate surface area is 227 Å². The van der Waals surface area contributed by atoms with Gasteiger partial charge < -0.3 is 24.3 Å². The SMILES string of the molecule is O=C(c1cc[nH]c(=O)c1)N1CCCCC2(COc3cccnc3)CCN(CC2)C(=O)c2ccccc2OCC1. The van der Waals surface area contributed by atoms with Gasteiger partial charge in [0.05, 0.1) is 24.9 Å². The number of nitrogens with one attached hydrogen (secondary N) is 1. The summed E-state index contributed by atoms with van der Waals surface area (Å²) in [5.41, 5.74) is 0.480. The number of aromatic amines is 1. The number of pyridine rings is 2. The lowest BCUT2D eigenvalue weighted by Gasteiger charge is -2.42. The number of rotatable bonds is 4. The third kappa shape index (κ3) is 6.47. The van der Waals surface area contributed by atoms with Crippen LogP contribution >= 0.6 is 0 Å². The minimum atomic E-state index is -0.316. The van der Waals surface area contributed by atoms with Crippen molar-refractivity contribution in [3.63, 3.8) is 0 Å². The largest absolute Gasteiger partial charge is 0.491 e. The Balaban J connectivity index is 1.38. The lowest BCUT2D eigenvalue weighted by Crippen LogP contribution is -2.45. The van der Waals surface area contributed by atoms with E-state index >= 15 is 0 Å². The molecule has 0 radical (unpaired) electrons. The average molecular weight is 531 g/mol. The Morgan fingerprint density at radius 2 is 1.85 bits per heavy atom. The first-order chi connectivity index (χ1) is 19.0. The zero-order chi connectivity index (χ0) is 27.1. The van der Waals surface area contributed by atoms with E-state index in [0.29, 0.717) is 49.7 Å². The van der Waals surface area contributed by atoms with Crippen LogP contribution in [0, 0.1) is 5.41 Å². The molecule has 204 valence electrons. The molecule has 0 atom stereocenters. The van der Waals surface area contributed by atoms with Crippen molar-refractivity contribution in [3.8, 4) is 11.5 Å². The fraction of sp³-hybridized carbons (Fsp3) is 0.400. The Morgan fingerprint density at radius 3 is 2.64 bits per heavy atom. The third-order valence-corrected chi connectivity index (χ3v) is 7.72. The van der Waals surface area contributed by atoms with Crippen LogP contribution in [-0.2, 0) is 0 Å². The molecule has 2 aromatic heterocycles. The van der Waals surface area contributed by atoms with Crippen molar-refractivity contribution in [3.05, 3.63) is 88.6 Å². The van der Waals surface area contributed by atoms with Crippen molar-refractivity contribution in [2.24, 2.45) is 5.41 Å². The molecule has 3 aromatic rings. The van der Waals surface area contributed by atoms with Gasteiger partial charge >= 0.3 is 0 Å². The molecule has 5 heterocycles. The number of hydrogen-bond acceptors (Lipinski definition) is 6. The van der Waals surface area contributed by atoms with Crippen LogP contribution in [0.15, 0.2) is 71.9 Å². The normalized spacial score (nSPS) is 17.9. The first kappa shape index (κ1) is 26.5. The molecule has 1 saturated heterocycles. The first-order valence-electron chi connectivity index (χ1n) is 13.6. The van der Waals surface area contributed by atoms with Gasteiger partial charge in [-0.05, 0) is 56.0 Å². The van der Waals surface area contributed by atoms with Crippen molar-refractivity contribution in [2.45, 2.75) is 32.1 Å². The van der Waals surface area contributed by atoms with Crippen molar-refractivity contribution >= 4 is 11.8 Å². The summed E-state index contributed by atoms with van der Waals surface area (Å²) in [5.74, 6) is 0.998. The van der Waals surface area contributed by atoms with Gasteiger partial charge in [-0.25, -0.2) is 0 Å². The van der Waals surface area contributed by atoms with E-state index in [1.807, 2.05) is 29.2 Å². The molecule has 1 fully saturated rings. The molecule has 3 aliphatic heterocycles. The maximum atomic E-state index is 13.5. The minimum Gasteiger partial charge on any atom is -0.491 e. The fourth-order valence-corrected chi connectivity index (χ4v) is 5.40. The number of carbonyl (C=O) groups is 2. The summed E-state index contributed by atoms with van der Waals surface area (Å²) in [6.07, 6.45) is 9.23. The summed E-state index contributed by atoms with van der Waals surface area (Å²) in [7, 11) is 0. The van der Waals surface area contributed by atoms with E-state index in [1.165, 1.54) is 12.3 Å². The highest BCUT2D eigenvalue weighted by molar-refractivity contribution is 5.97. The number of amides is 2. The third-order valence-electron chi connectivity index (χ3n) is 7.72. The zero-order valence-electron chi connectivity index (χ0n) is 22.0. The number of nitrogens with zero attached hydrogens (tertiary/aromatic N) is 3. The molecular weight excluding hydrogens is 496 g/mol. The van der Waals surface area contributed by atoms with Gasteiger partial charge in [0, 0.05) is 49.1 Å². The highest BCUT2D eigenvalue weighted by Gasteiger charge is 2.37. The summed E-state index contributed by atoms with van der Waals surface area (Å²) >= 11 is 0. The number of para-hydroxylation sites is 1. The van der Waals surface area contributed by atoms with Gasteiger partial charge in [0.15, 0.2) is 0 Å². The number of piperidine rings is 1. The average Bonchev–Trinajstić information content (AvgIpc) is 2.98. The first-order valence-corrected chi connectivity index (χ1v) is 13.6. The van der Waals surface area contributed by atoms with Crippen molar-refractivity contribution in [1.82, 2.24) is 19.8 Å². The van der Waals surface area contributed by atoms with Crippen LogP contribution in [-0.4, -0.2) is 71.0 Å². The van der Waals surface area contributed by atoms with E-state index in [9.17, 15) is 14.4 Å². The van der Waals surface area contributed by atoms with Gasteiger partial charge in [-0.1, -0.05) is 18.6 Å². The minimum absolute atomic E-state index is 0.0429. The number of H-pyrrole nitrogens is 1. The second-order valence-corrected chi connectivity index (χ2v) is 10.3. The van der Waals surface area contributed by atoms with Crippen LogP contribution in [0.25, 0.3) is 0 Å². The lowest BCUT2D eigenvalue weighted by molar-refractivity contribution is 0.0358. The number of aromatic nitrogens is 2. The summed E-state index contributed by atoms with van der Waals surface area (Å²) in [4.78, 5) is 49.0. The Hall–Kier alpha value is -4.14. The molecule has 3 aliphatic rings. The van der Waals surface area contributed by atoms with E-state index in [2.05, 4.69) is 9.97 Å². The fourth-order valence-electron chi connectivity index (χ4n) is 5.40. The Kier molecular flexibility index (Phi) is 8.24. The van der Waals surface area contributed by atoms with Crippen LogP contribution in [0.3, 0.4) is 0 Å². The maximum Gasteiger partial charge on any atom is 0.257 e. The predicted molar refractivity (Wildman–Crippen MR) is 146 cm³/mol. The lowest BCUT2D eigenvalue weighted by atomic mass is 9.75. The molecule has 9 heteroatoms. The van der Waals surface area contributed by atoms with E-state index in [4.69, 9.17) is 9.47 Å². The second kappa shape index (κ2) is 12.1. The number of carbonyl (C=O) groups excluding carboxylic acids is 2. The predicted octanol–water partition coefficient (Wildman–Crippen LogP) is 3.78. The number of fused-ring (bicyclic) bond motifs is 9. The van der Waals surface area contributed by atoms with E-state index in [-0.39, 0.29) is 29.4 Å². The van der Waals surface area contributed by atoms with Gasteiger partial charge in [0.1, 0.15) is 18.1 Å². The summed E-state index contributed by atoms with van der Waals surface area (Å²) in [5, 5.41) is 0. The van der Waals surface area contributed by atoms with Gasteiger partial charge in [-0.3, -0.25) is 19.4 Å². The molecule has 9 nitrogen and oxygen atoms in total. The Bertz CT molecular complexity index is 1330. The maximum absolute atomic E-state index is 13.5. The van der Waals surface area contributed by atoms with Crippen LogP contribution in [0.2, 0.25) is 0 Å². The molecule has 39 heavy (non-hydrogen) atoms. The molecule has 0 saturated carbocycles. The smallest absolute Gasteiger partial charge is 0.257 e. The van der Waals surface area contributed by atoms with Crippen molar-refractivity contribution < 1.29 is 19.1 Å². The zero-order valence-corrected chi connectivity index (χ0v) is 22.0. The van der Waals surface area contributed by atoms with Gasteiger partial charge in [-0.2, -0.15) is 0 Å². The summed E-state index contributed by atoms with van der Waals surface area (Å²) < 4.78 is 12.2. The molecule has 2 bridgehead atoms. The summed E-state index contributed by atoms with van der Waals surface area (Å²) in [6, 6.07) is 14.0. The molecule has 0 aliphatic carbocycles. The standard InChI is InChI=1S/C30H34N4O5/c35-27-20-23(9-14-32-27)28(36)33-15-4-3-10-30(22-39-24-6-5-13-31-21-24)11-16-34(17-12-30)29(37)25-7-1-2-8-26(25)38-19-18-33/h1-2,5-9,13-14,20-21H,3-4,10-12,15-19,22H2,(H,32,35). The molecule has 1 N–H and O–H groups in total. The van der Waals surface area contributed by atoms with Crippen LogP contribution in [0.1, 0.15) is 52.8 Å². The van der Waals surface area contributed by atoms with Crippen LogP contribution < -0.4 is 15.0 Å². The van der Waals surface area contributed by atoms with E-state index in [1.54, 1.807) is 35.5 Å². The molecule has 0 unspecified atom stereocenters.